The van der Waals surface area contributed by atoms with Crippen LogP contribution in [0.15, 0.2) is 24.3 Å². The van der Waals surface area contributed by atoms with E-state index in [9.17, 15) is 9.59 Å². The van der Waals surface area contributed by atoms with E-state index >= 15 is 0 Å². The normalized spacial score (nSPS) is 34.1. The van der Waals surface area contributed by atoms with Crippen LogP contribution in [0.2, 0.25) is 0 Å². The van der Waals surface area contributed by atoms with Crippen molar-refractivity contribution in [2.45, 2.75) is 33.3 Å². The van der Waals surface area contributed by atoms with Gasteiger partial charge in [0.15, 0.2) is 0 Å². The SMILES string of the molecule is COC(C)(C)CN1C(=O)[C@]2(C)C=CC=C[C@]2(C)C1=O. The Labute approximate surface area is 114 Å². The Balaban J connectivity index is 2.41. The van der Waals surface area contributed by atoms with Gasteiger partial charge in [-0.15, -0.1) is 0 Å². The molecule has 4 nitrogen and oxygen atoms in total. The fraction of sp³-hybridized carbons (Fsp3) is 0.600. The summed E-state index contributed by atoms with van der Waals surface area (Å²) in [5.74, 6) is -0.295. The van der Waals surface area contributed by atoms with Gasteiger partial charge in [0.2, 0.25) is 11.8 Å². The van der Waals surface area contributed by atoms with Crippen molar-refractivity contribution in [3.05, 3.63) is 24.3 Å². The number of carbonyl (C=O) groups excluding carboxylic acids is 2. The molecule has 104 valence electrons. The summed E-state index contributed by atoms with van der Waals surface area (Å²) in [6, 6.07) is 0. The minimum absolute atomic E-state index is 0.147. The van der Waals surface area contributed by atoms with Crippen LogP contribution in [0.3, 0.4) is 0 Å². The number of likely N-dealkylation sites (tertiary alicyclic amines) is 1. The summed E-state index contributed by atoms with van der Waals surface area (Å²) in [6.45, 7) is 7.66. The lowest BCUT2D eigenvalue weighted by molar-refractivity contribution is -0.145. The molecule has 2 aliphatic rings. The highest BCUT2D eigenvalue weighted by molar-refractivity contribution is 6.11. The van der Waals surface area contributed by atoms with Crippen LogP contribution in [0, 0.1) is 10.8 Å². The summed E-state index contributed by atoms with van der Waals surface area (Å²) < 4.78 is 5.33. The molecule has 1 heterocycles. The summed E-state index contributed by atoms with van der Waals surface area (Å²) in [4.78, 5) is 26.6. The number of hydrogen-bond donors (Lipinski definition) is 0. The molecule has 0 saturated carbocycles. The summed E-state index contributed by atoms with van der Waals surface area (Å²) in [6.07, 6.45) is 7.32. The van der Waals surface area contributed by atoms with Crippen LogP contribution >= 0.6 is 0 Å². The third kappa shape index (κ3) is 1.77. The van der Waals surface area contributed by atoms with Crippen molar-refractivity contribution in [2.75, 3.05) is 13.7 Å². The highest BCUT2D eigenvalue weighted by Crippen LogP contribution is 2.51. The molecule has 2 atom stereocenters. The maximum Gasteiger partial charge on any atom is 0.240 e. The molecule has 0 spiro atoms. The van der Waals surface area contributed by atoms with Crippen LogP contribution < -0.4 is 0 Å². The number of methoxy groups -OCH3 is 1. The lowest BCUT2D eigenvalue weighted by Crippen LogP contribution is -2.44. The zero-order chi connectivity index (χ0) is 14.5. The van der Waals surface area contributed by atoms with Gasteiger partial charge in [0, 0.05) is 7.11 Å². The molecule has 4 heteroatoms. The predicted octanol–water partition coefficient (Wildman–Crippen LogP) is 1.92. The molecule has 0 radical (unpaired) electrons. The van der Waals surface area contributed by atoms with Gasteiger partial charge in [0.1, 0.15) is 0 Å². The Bertz CT molecular complexity index is 456. The molecule has 0 bridgehead atoms. The number of amides is 2. The molecular formula is C15H21NO3. The Morgan fingerprint density at radius 3 is 1.89 bits per heavy atom. The highest BCUT2D eigenvalue weighted by atomic mass is 16.5. The molecule has 2 rings (SSSR count). The van der Waals surface area contributed by atoms with E-state index in [2.05, 4.69) is 0 Å². The Morgan fingerprint density at radius 2 is 1.53 bits per heavy atom. The fourth-order valence-corrected chi connectivity index (χ4v) is 2.67. The predicted molar refractivity (Wildman–Crippen MR) is 72.3 cm³/mol. The topological polar surface area (TPSA) is 46.6 Å². The molecule has 1 aliphatic heterocycles. The smallest absolute Gasteiger partial charge is 0.240 e. The van der Waals surface area contributed by atoms with Crippen molar-refractivity contribution in [1.29, 1.82) is 0 Å². The van der Waals surface area contributed by atoms with E-state index < -0.39 is 16.4 Å². The number of carbonyl (C=O) groups is 2. The van der Waals surface area contributed by atoms with E-state index in [1.807, 2.05) is 52.0 Å². The minimum Gasteiger partial charge on any atom is -0.377 e. The quantitative estimate of drug-likeness (QED) is 0.731. The summed E-state index contributed by atoms with van der Waals surface area (Å²) in [7, 11) is 1.58. The van der Waals surface area contributed by atoms with Crippen LogP contribution in [-0.2, 0) is 14.3 Å². The number of allylic oxidation sites excluding steroid dienone is 2. The van der Waals surface area contributed by atoms with Gasteiger partial charge >= 0.3 is 0 Å². The average Bonchev–Trinajstić information content (AvgIpc) is 2.50. The van der Waals surface area contributed by atoms with Gasteiger partial charge in [-0.25, -0.2) is 0 Å². The van der Waals surface area contributed by atoms with Crippen molar-refractivity contribution in [2.24, 2.45) is 10.8 Å². The first-order valence-corrected chi connectivity index (χ1v) is 6.46. The van der Waals surface area contributed by atoms with Gasteiger partial charge in [0.05, 0.1) is 23.0 Å². The van der Waals surface area contributed by atoms with Crippen LogP contribution in [0.1, 0.15) is 27.7 Å². The number of fused-ring (bicyclic) bond motifs is 1. The van der Waals surface area contributed by atoms with Gasteiger partial charge in [0.25, 0.3) is 0 Å². The van der Waals surface area contributed by atoms with Crippen LogP contribution in [0.4, 0.5) is 0 Å². The summed E-state index contributed by atoms with van der Waals surface area (Å²) >= 11 is 0. The first-order valence-electron chi connectivity index (χ1n) is 6.46. The largest absolute Gasteiger partial charge is 0.377 e. The summed E-state index contributed by atoms with van der Waals surface area (Å²) in [5.41, 5.74) is -2.12. The molecule has 19 heavy (non-hydrogen) atoms. The zero-order valence-corrected chi connectivity index (χ0v) is 12.2. The van der Waals surface area contributed by atoms with Crippen molar-refractivity contribution in [1.82, 2.24) is 4.90 Å². The Kier molecular flexibility index (Phi) is 2.97. The van der Waals surface area contributed by atoms with Crippen LogP contribution in [0.25, 0.3) is 0 Å². The molecule has 1 fully saturated rings. The first kappa shape index (κ1) is 14.0. The van der Waals surface area contributed by atoms with E-state index in [-0.39, 0.29) is 18.4 Å². The van der Waals surface area contributed by atoms with Crippen molar-refractivity contribution in [3.8, 4) is 0 Å². The third-order valence-corrected chi connectivity index (χ3v) is 4.52. The number of hydrogen-bond acceptors (Lipinski definition) is 3. The number of rotatable bonds is 3. The maximum atomic E-state index is 12.6. The Morgan fingerprint density at radius 1 is 1.11 bits per heavy atom. The van der Waals surface area contributed by atoms with Crippen molar-refractivity contribution in [3.63, 3.8) is 0 Å². The molecule has 1 aliphatic carbocycles. The molecule has 0 aromatic carbocycles. The monoisotopic (exact) mass is 263 g/mol. The molecular weight excluding hydrogens is 242 g/mol. The molecule has 0 N–H and O–H groups in total. The first-order chi connectivity index (χ1) is 8.68. The minimum atomic E-state index is -0.789. The lowest BCUT2D eigenvalue weighted by Gasteiger charge is -2.32. The van der Waals surface area contributed by atoms with E-state index in [1.165, 1.54) is 4.90 Å². The third-order valence-electron chi connectivity index (χ3n) is 4.52. The van der Waals surface area contributed by atoms with Gasteiger partial charge in [-0.1, -0.05) is 24.3 Å². The maximum absolute atomic E-state index is 12.6. The average molecular weight is 263 g/mol. The van der Waals surface area contributed by atoms with Crippen LogP contribution in [-0.4, -0.2) is 36.0 Å². The number of imide groups is 1. The van der Waals surface area contributed by atoms with E-state index in [0.717, 1.165) is 0 Å². The number of nitrogens with zero attached hydrogens (tertiary/aromatic N) is 1. The standard InChI is InChI=1S/C15H21NO3/c1-13(2,19-5)10-16-11(17)14(3)8-6-7-9-15(14,4)12(16)18/h6-9H,10H2,1-5H3/t14-,15+. The van der Waals surface area contributed by atoms with E-state index in [1.54, 1.807) is 7.11 Å². The molecule has 1 saturated heterocycles. The van der Waals surface area contributed by atoms with Gasteiger partial charge in [-0.3, -0.25) is 14.5 Å². The second-order valence-corrected chi connectivity index (χ2v) is 6.28. The molecule has 2 amide bonds. The molecule has 0 unspecified atom stereocenters. The molecule has 0 aromatic rings. The van der Waals surface area contributed by atoms with Gasteiger partial charge in [-0.05, 0) is 27.7 Å². The van der Waals surface area contributed by atoms with Gasteiger partial charge in [-0.2, -0.15) is 0 Å². The summed E-state index contributed by atoms with van der Waals surface area (Å²) in [5, 5.41) is 0. The van der Waals surface area contributed by atoms with Gasteiger partial charge < -0.3 is 4.74 Å². The van der Waals surface area contributed by atoms with E-state index in [4.69, 9.17) is 4.74 Å². The number of ether oxygens (including phenoxy) is 1. The fourth-order valence-electron chi connectivity index (χ4n) is 2.67. The zero-order valence-electron chi connectivity index (χ0n) is 12.2. The molecule has 0 aromatic heterocycles. The van der Waals surface area contributed by atoms with E-state index in [0.29, 0.717) is 0 Å². The van der Waals surface area contributed by atoms with Crippen molar-refractivity contribution >= 4 is 11.8 Å². The lowest BCUT2D eigenvalue weighted by atomic mass is 9.65. The second-order valence-electron chi connectivity index (χ2n) is 6.28. The second kappa shape index (κ2) is 4.04. The highest BCUT2D eigenvalue weighted by Gasteiger charge is 2.62. The Hall–Kier alpha value is -1.42. The van der Waals surface area contributed by atoms with Crippen LogP contribution in [0.5, 0.6) is 0 Å². The van der Waals surface area contributed by atoms with Crippen molar-refractivity contribution < 1.29 is 14.3 Å².